The average molecular weight is 238 g/mol. The predicted octanol–water partition coefficient (Wildman–Crippen LogP) is 1.00. The van der Waals surface area contributed by atoms with Gasteiger partial charge in [0.2, 0.25) is 0 Å². The van der Waals surface area contributed by atoms with Gasteiger partial charge in [-0.15, -0.1) is 6.42 Å². The van der Waals surface area contributed by atoms with Gasteiger partial charge in [0.05, 0.1) is 6.54 Å². The summed E-state index contributed by atoms with van der Waals surface area (Å²) in [5.41, 5.74) is 0. The third-order valence-corrected chi connectivity index (χ3v) is 2.58. The molecule has 0 radical (unpaired) electrons. The normalized spacial score (nSPS) is 13.9. The van der Waals surface area contributed by atoms with Crippen LogP contribution in [0.3, 0.4) is 0 Å². The van der Waals surface area contributed by atoms with Crippen LogP contribution in [0, 0.1) is 12.3 Å². The number of urea groups is 1. The Balaban J connectivity index is 2.66. The molecule has 0 saturated heterocycles. The maximum atomic E-state index is 12.1. The first kappa shape index (κ1) is 13.4. The fourth-order valence-corrected chi connectivity index (χ4v) is 1.71. The van der Waals surface area contributed by atoms with Crippen LogP contribution in [0.4, 0.5) is 4.79 Å². The molecule has 0 heterocycles. The van der Waals surface area contributed by atoms with E-state index >= 15 is 0 Å². The predicted molar refractivity (Wildman–Crippen MR) is 63.5 cm³/mol. The molecular formula is C12H18N2O3. The second kappa shape index (κ2) is 6.14. The zero-order valence-electron chi connectivity index (χ0n) is 10.1. The molecule has 0 atom stereocenters. The summed E-state index contributed by atoms with van der Waals surface area (Å²) in [7, 11) is 0. The molecule has 1 aliphatic carbocycles. The molecule has 0 bridgehead atoms. The molecule has 0 aromatic heterocycles. The third-order valence-electron chi connectivity index (χ3n) is 2.58. The summed E-state index contributed by atoms with van der Waals surface area (Å²) in [4.78, 5) is 25.7. The lowest BCUT2D eigenvalue weighted by Gasteiger charge is -2.28. The molecular weight excluding hydrogens is 220 g/mol. The van der Waals surface area contributed by atoms with Crippen LogP contribution < -0.4 is 0 Å². The smallest absolute Gasteiger partial charge is 0.323 e. The van der Waals surface area contributed by atoms with E-state index in [0.717, 1.165) is 19.3 Å². The van der Waals surface area contributed by atoms with Crippen LogP contribution in [0.2, 0.25) is 0 Å². The van der Waals surface area contributed by atoms with E-state index in [0.29, 0.717) is 6.54 Å². The molecule has 17 heavy (non-hydrogen) atoms. The van der Waals surface area contributed by atoms with E-state index in [2.05, 4.69) is 5.92 Å². The molecule has 94 valence electrons. The van der Waals surface area contributed by atoms with Crippen LogP contribution in [0.25, 0.3) is 0 Å². The van der Waals surface area contributed by atoms with Crippen LogP contribution in [-0.4, -0.2) is 52.6 Å². The number of carboxylic acid groups (broad SMARTS) is 1. The molecule has 0 aliphatic heterocycles. The van der Waals surface area contributed by atoms with Crippen molar-refractivity contribution in [3.63, 3.8) is 0 Å². The Morgan fingerprint density at radius 1 is 1.47 bits per heavy atom. The molecule has 1 saturated carbocycles. The minimum Gasteiger partial charge on any atom is -0.480 e. The standard InChI is InChI=1S/C12H18N2O3/c1-3-7-13(9-11(15)16)12(17)14(8-4-2)10-5-6-10/h1,10H,4-9H2,2H3,(H,15,16). The molecule has 1 aliphatic rings. The van der Waals surface area contributed by atoms with Gasteiger partial charge in [-0.1, -0.05) is 12.8 Å². The molecule has 0 unspecified atom stereocenters. The maximum absolute atomic E-state index is 12.1. The summed E-state index contributed by atoms with van der Waals surface area (Å²) in [5, 5.41) is 8.74. The number of terminal acetylenes is 1. The highest BCUT2D eigenvalue weighted by Gasteiger charge is 2.34. The summed E-state index contributed by atoms with van der Waals surface area (Å²) in [6.07, 6.45) is 8.02. The third kappa shape index (κ3) is 3.99. The molecule has 1 fully saturated rings. The van der Waals surface area contributed by atoms with Crippen LogP contribution >= 0.6 is 0 Å². The van der Waals surface area contributed by atoms with Gasteiger partial charge in [0, 0.05) is 12.6 Å². The Labute approximate surface area is 101 Å². The van der Waals surface area contributed by atoms with Gasteiger partial charge in [0.25, 0.3) is 0 Å². The van der Waals surface area contributed by atoms with E-state index in [4.69, 9.17) is 11.5 Å². The highest BCUT2D eigenvalue weighted by atomic mass is 16.4. The topological polar surface area (TPSA) is 60.9 Å². The molecule has 5 heteroatoms. The molecule has 2 amide bonds. The monoisotopic (exact) mass is 238 g/mol. The van der Waals surface area contributed by atoms with Gasteiger partial charge in [0.1, 0.15) is 6.54 Å². The quantitative estimate of drug-likeness (QED) is 0.702. The second-order valence-electron chi connectivity index (χ2n) is 4.16. The Hall–Kier alpha value is -1.70. The van der Waals surface area contributed by atoms with Gasteiger partial charge < -0.3 is 14.9 Å². The summed E-state index contributed by atoms with van der Waals surface area (Å²) < 4.78 is 0. The van der Waals surface area contributed by atoms with Gasteiger partial charge >= 0.3 is 12.0 Å². The lowest BCUT2D eigenvalue weighted by atomic mass is 10.4. The van der Waals surface area contributed by atoms with Gasteiger partial charge in [0.15, 0.2) is 0 Å². The number of rotatable bonds is 6. The number of hydrogen-bond acceptors (Lipinski definition) is 2. The minimum absolute atomic E-state index is 0.0397. The van der Waals surface area contributed by atoms with Crippen molar-refractivity contribution in [3.05, 3.63) is 0 Å². The Morgan fingerprint density at radius 2 is 2.12 bits per heavy atom. The number of aliphatic carboxylic acids is 1. The SMILES string of the molecule is C#CCN(CC(=O)O)C(=O)N(CCC)C1CC1. The second-order valence-corrected chi connectivity index (χ2v) is 4.16. The van der Waals surface area contributed by atoms with E-state index in [9.17, 15) is 9.59 Å². The highest BCUT2D eigenvalue weighted by Crippen LogP contribution is 2.27. The first-order valence-electron chi connectivity index (χ1n) is 5.81. The molecule has 0 aromatic rings. The summed E-state index contributed by atoms with van der Waals surface area (Å²) in [6, 6.07) is 0.0196. The zero-order chi connectivity index (χ0) is 12.8. The summed E-state index contributed by atoms with van der Waals surface area (Å²) in [5.74, 6) is 1.28. The number of carbonyl (C=O) groups is 2. The fourth-order valence-electron chi connectivity index (χ4n) is 1.71. The summed E-state index contributed by atoms with van der Waals surface area (Å²) >= 11 is 0. The Bertz CT molecular complexity index is 331. The average Bonchev–Trinajstić information content (AvgIpc) is 3.07. The fraction of sp³-hybridized carbons (Fsp3) is 0.667. The van der Waals surface area contributed by atoms with Gasteiger partial charge in [-0.2, -0.15) is 0 Å². The number of nitrogens with zero attached hydrogens (tertiary/aromatic N) is 2. The van der Waals surface area contributed by atoms with Crippen molar-refractivity contribution in [3.8, 4) is 12.3 Å². The maximum Gasteiger partial charge on any atom is 0.323 e. The van der Waals surface area contributed by atoms with Crippen molar-refractivity contribution in [2.24, 2.45) is 0 Å². The molecule has 1 rings (SSSR count). The van der Waals surface area contributed by atoms with E-state index in [1.807, 2.05) is 6.92 Å². The van der Waals surface area contributed by atoms with E-state index in [-0.39, 0.29) is 25.2 Å². The van der Waals surface area contributed by atoms with Gasteiger partial charge in [-0.05, 0) is 19.3 Å². The zero-order valence-corrected chi connectivity index (χ0v) is 10.1. The van der Waals surface area contributed by atoms with Crippen LogP contribution in [0.5, 0.6) is 0 Å². The van der Waals surface area contributed by atoms with Crippen molar-refractivity contribution in [1.82, 2.24) is 9.80 Å². The number of carbonyl (C=O) groups excluding carboxylic acids is 1. The Kier molecular flexibility index (Phi) is 4.83. The van der Waals surface area contributed by atoms with Crippen molar-refractivity contribution >= 4 is 12.0 Å². The van der Waals surface area contributed by atoms with Crippen LogP contribution in [0.1, 0.15) is 26.2 Å². The summed E-state index contributed by atoms with van der Waals surface area (Å²) in [6.45, 7) is 2.35. The molecule has 0 spiro atoms. The van der Waals surface area contributed by atoms with E-state index < -0.39 is 5.97 Å². The minimum atomic E-state index is -1.04. The number of hydrogen-bond donors (Lipinski definition) is 1. The Morgan fingerprint density at radius 3 is 2.53 bits per heavy atom. The van der Waals surface area contributed by atoms with Crippen molar-refractivity contribution in [2.45, 2.75) is 32.2 Å². The lowest BCUT2D eigenvalue weighted by Crippen LogP contribution is -2.46. The molecule has 0 aromatic carbocycles. The van der Waals surface area contributed by atoms with Crippen molar-refractivity contribution in [2.75, 3.05) is 19.6 Å². The largest absolute Gasteiger partial charge is 0.480 e. The number of carboxylic acids is 1. The number of amides is 2. The molecule has 5 nitrogen and oxygen atoms in total. The first-order valence-corrected chi connectivity index (χ1v) is 5.81. The highest BCUT2D eigenvalue weighted by molar-refractivity contribution is 5.80. The van der Waals surface area contributed by atoms with Gasteiger partial charge in [-0.25, -0.2) is 4.79 Å². The lowest BCUT2D eigenvalue weighted by molar-refractivity contribution is -0.137. The van der Waals surface area contributed by atoms with E-state index in [1.54, 1.807) is 4.90 Å². The first-order chi connectivity index (χ1) is 8.10. The van der Waals surface area contributed by atoms with Crippen molar-refractivity contribution < 1.29 is 14.7 Å². The molecule has 1 N–H and O–H groups in total. The van der Waals surface area contributed by atoms with Crippen molar-refractivity contribution in [1.29, 1.82) is 0 Å². The van der Waals surface area contributed by atoms with Crippen LogP contribution in [0.15, 0.2) is 0 Å². The van der Waals surface area contributed by atoms with Crippen LogP contribution in [-0.2, 0) is 4.79 Å². The van der Waals surface area contributed by atoms with Gasteiger partial charge in [-0.3, -0.25) is 4.79 Å². The van der Waals surface area contributed by atoms with E-state index in [1.165, 1.54) is 4.90 Å².